The first-order chi connectivity index (χ1) is 10.9. The van der Waals surface area contributed by atoms with Crippen LogP contribution in [0.3, 0.4) is 0 Å². The maximum absolute atomic E-state index is 12.1. The molecular formula is C18H30N2O3. The monoisotopic (exact) mass is 322 g/mol. The number of hydrogen-bond donors (Lipinski definition) is 2. The predicted molar refractivity (Wildman–Crippen MR) is 92.8 cm³/mol. The van der Waals surface area contributed by atoms with Crippen molar-refractivity contribution in [2.75, 3.05) is 13.2 Å². The first kappa shape index (κ1) is 19.3. The predicted octanol–water partition coefficient (Wildman–Crippen LogP) is 3.03. The zero-order valence-electron chi connectivity index (χ0n) is 14.9. The molecule has 0 aliphatic carbocycles. The summed E-state index contributed by atoms with van der Waals surface area (Å²) in [6.45, 7) is 11.0. The molecule has 0 bridgehead atoms. The van der Waals surface area contributed by atoms with Crippen molar-refractivity contribution in [1.82, 2.24) is 5.32 Å². The minimum Gasteiger partial charge on any atom is -0.490 e. The van der Waals surface area contributed by atoms with Gasteiger partial charge in [0.2, 0.25) is 5.91 Å². The van der Waals surface area contributed by atoms with E-state index in [1.54, 1.807) is 0 Å². The summed E-state index contributed by atoms with van der Waals surface area (Å²) in [5.41, 5.74) is 6.71. The Hall–Kier alpha value is -1.75. The van der Waals surface area contributed by atoms with E-state index < -0.39 is 0 Å². The number of ether oxygens (including phenoxy) is 2. The summed E-state index contributed by atoms with van der Waals surface area (Å²) in [4.78, 5) is 12.1. The van der Waals surface area contributed by atoms with Gasteiger partial charge in [0.1, 0.15) is 0 Å². The lowest BCUT2D eigenvalue weighted by molar-refractivity contribution is -0.122. The topological polar surface area (TPSA) is 73.6 Å². The molecule has 0 saturated heterocycles. The molecule has 0 aromatic heterocycles. The van der Waals surface area contributed by atoms with Crippen LogP contribution < -0.4 is 20.5 Å². The van der Waals surface area contributed by atoms with Crippen LogP contribution in [0.5, 0.6) is 11.5 Å². The second-order valence-corrected chi connectivity index (χ2v) is 6.04. The molecule has 1 aromatic rings. The molecule has 3 N–H and O–H groups in total. The van der Waals surface area contributed by atoms with Crippen LogP contribution in [-0.2, 0) is 4.79 Å². The van der Waals surface area contributed by atoms with Crippen LogP contribution in [0.1, 0.15) is 52.6 Å². The molecule has 0 heterocycles. The summed E-state index contributed by atoms with van der Waals surface area (Å²) >= 11 is 0. The molecule has 1 rings (SSSR count). The van der Waals surface area contributed by atoms with Crippen molar-refractivity contribution < 1.29 is 14.3 Å². The molecule has 0 fully saturated rings. The number of carbonyl (C=O) groups is 1. The Kier molecular flexibility index (Phi) is 7.89. The zero-order valence-corrected chi connectivity index (χ0v) is 14.9. The highest BCUT2D eigenvalue weighted by Crippen LogP contribution is 2.33. The lowest BCUT2D eigenvalue weighted by Crippen LogP contribution is -2.35. The Balaban J connectivity index is 3.02. The molecule has 0 radical (unpaired) electrons. The van der Waals surface area contributed by atoms with E-state index in [0.717, 1.165) is 11.3 Å². The Bertz CT molecular complexity index is 501. The highest BCUT2D eigenvalue weighted by Gasteiger charge is 2.20. The van der Waals surface area contributed by atoms with Crippen LogP contribution in [0.15, 0.2) is 18.2 Å². The molecule has 130 valence electrons. The minimum absolute atomic E-state index is 0.0365. The average Bonchev–Trinajstić information content (AvgIpc) is 2.46. The van der Waals surface area contributed by atoms with Gasteiger partial charge in [0.15, 0.2) is 11.5 Å². The lowest BCUT2D eigenvalue weighted by atomic mass is 9.95. The van der Waals surface area contributed by atoms with Gasteiger partial charge in [0, 0.05) is 12.5 Å². The van der Waals surface area contributed by atoms with Crippen molar-refractivity contribution >= 4 is 5.91 Å². The fraction of sp³-hybridized carbons (Fsp3) is 0.611. The van der Waals surface area contributed by atoms with Crippen molar-refractivity contribution in [3.8, 4) is 11.5 Å². The van der Waals surface area contributed by atoms with Gasteiger partial charge in [-0.2, -0.15) is 0 Å². The van der Waals surface area contributed by atoms with Gasteiger partial charge in [-0.15, -0.1) is 0 Å². The standard InChI is InChI=1S/C18H30N2O3/c1-6-22-15-9-8-14(11-16(15)23-7-2)18(12(3)4)20-17(21)10-13(5)19/h8-9,11-13,18H,6-7,10,19H2,1-5H3,(H,20,21). The molecule has 5 nitrogen and oxygen atoms in total. The smallest absolute Gasteiger partial charge is 0.222 e. The second kappa shape index (κ2) is 9.40. The second-order valence-electron chi connectivity index (χ2n) is 6.04. The SMILES string of the molecule is CCOc1ccc(C(NC(=O)CC(C)N)C(C)C)cc1OCC. The van der Waals surface area contributed by atoms with Gasteiger partial charge in [-0.1, -0.05) is 19.9 Å². The molecule has 1 amide bonds. The zero-order chi connectivity index (χ0) is 17.4. The number of nitrogens with one attached hydrogen (secondary N) is 1. The van der Waals surface area contributed by atoms with Crippen molar-refractivity contribution in [2.45, 2.75) is 53.1 Å². The molecule has 23 heavy (non-hydrogen) atoms. The van der Waals surface area contributed by atoms with Gasteiger partial charge >= 0.3 is 0 Å². The molecular weight excluding hydrogens is 292 g/mol. The van der Waals surface area contributed by atoms with E-state index in [1.165, 1.54) is 0 Å². The average molecular weight is 322 g/mol. The number of amides is 1. The third-order valence-electron chi connectivity index (χ3n) is 3.42. The van der Waals surface area contributed by atoms with E-state index in [-0.39, 0.29) is 23.9 Å². The third-order valence-corrected chi connectivity index (χ3v) is 3.42. The summed E-state index contributed by atoms with van der Waals surface area (Å²) in [6, 6.07) is 5.59. The van der Waals surface area contributed by atoms with Crippen molar-refractivity contribution in [3.63, 3.8) is 0 Å². The van der Waals surface area contributed by atoms with Gasteiger partial charge in [-0.05, 0) is 44.4 Å². The molecule has 0 spiro atoms. The maximum Gasteiger partial charge on any atom is 0.222 e. The van der Waals surface area contributed by atoms with Crippen molar-refractivity contribution in [1.29, 1.82) is 0 Å². The first-order valence-electron chi connectivity index (χ1n) is 8.33. The van der Waals surface area contributed by atoms with Crippen LogP contribution in [0, 0.1) is 5.92 Å². The Morgan fingerprint density at radius 3 is 2.26 bits per heavy atom. The van der Waals surface area contributed by atoms with E-state index in [9.17, 15) is 4.79 Å². The van der Waals surface area contributed by atoms with Gasteiger partial charge in [0.05, 0.1) is 19.3 Å². The molecule has 0 aliphatic heterocycles. The molecule has 2 atom stereocenters. The number of rotatable bonds is 9. The van der Waals surface area contributed by atoms with Gasteiger partial charge < -0.3 is 20.5 Å². The normalized spacial score (nSPS) is 13.5. The van der Waals surface area contributed by atoms with E-state index in [1.807, 2.05) is 39.0 Å². The fourth-order valence-electron chi connectivity index (χ4n) is 2.42. The van der Waals surface area contributed by atoms with Crippen LogP contribution >= 0.6 is 0 Å². The molecule has 5 heteroatoms. The molecule has 0 saturated carbocycles. The summed E-state index contributed by atoms with van der Waals surface area (Å²) in [7, 11) is 0. The first-order valence-corrected chi connectivity index (χ1v) is 8.33. The minimum atomic E-state index is -0.151. The van der Waals surface area contributed by atoms with E-state index in [4.69, 9.17) is 15.2 Å². The summed E-state index contributed by atoms with van der Waals surface area (Å²) in [6.07, 6.45) is 0.318. The Labute approximate surface area is 139 Å². The van der Waals surface area contributed by atoms with Crippen molar-refractivity contribution in [3.05, 3.63) is 23.8 Å². The van der Waals surface area contributed by atoms with Crippen molar-refractivity contribution in [2.24, 2.45) is 11.7 Å². The van der Waals surface area contributed by atoms with Crippen LogP contribution in [-0.4, -0.2) is 25.2 Å². The summed E-state index contributed by atoms with van der Waals surface area (Å²) in [5, 5.41) is 3.07. The van der Waals surface area contributed by atoms with Gasteiger partial charge in [-0.3, -0.25) is 4.79 Å². The molecule has 0 aliphatic rings. The fourth-order valence-corrected chi connectivity index (χ4v) is 2.42. The van der Waals surface area contributed by atoms with E-state index in [0.29, 0.717) is 25.4 Å². The quantitative estimate of drug-likeness (QED) is 0.733. The highest BCUT2D eigenvalue weighted by molar-refractivity contribution is 5.77. The van der Waals surface area contributed by atoms with E-state index >= 15 is 0 Å². The maximum atomic E-state index is 12.1. The highest BCUT2D eigenvalue weighted by atomic mass is 16.5. The summed E-state index contributed by atoms with van der Waals surface area (Å²) in [5.74, 6) is 1.64. The number of benzene rings is 1. The van der Waals surface area contributed by atoms with E-state index in [2.05, 4.69) is 19.2 Å². The lowest BCUT2D eigenvalue weighted by Gasteiger charge is -2.24. The number of carbonyl (C=O) groups excluding carboxylic acids is 1. The van der Waals surface area contributed by atoms with Gasteiger partial charge in [0.25, 0.3) is 0 Å². The Morgan fingerprint density at radius 2 is 1.74 bits per heavy atom. The van der Waals surface area contributed by atoms with Gasteiger partial charge in [-0.25, -0.2) is 0 Å². The largest absolute Gasteiger partial charge is 0.490 e. The third kappa shape index (κ3) is 6.10. The summed E-state index contributed by atoms with van der Waals surface area (Å²) < 4.78 is 11.3. The Morgan fingerprint density at radius 1 is 1.13 bits per heavy atom. The van der Waals surface area contributed by atoms with Crippen LogP contribution in [0.4, 0.5) is 0 Å². The van der Waals surface area contributed by atoms with Crippen LogP contribution in [0.2, 0.25) is 0 Å². The number of nitrogens with two attached hydrogens (primary N) is 1. The van der Waals surface area contributed by atoms with Crippen LogP contribution in [0.25, 0.3) is 0 Å². The number of hydrogen-bond acceptors (Lipinski definition) is 4. The molecule has 1 aromatic carbocycles. The molecule has 2 unspecified atom stereocenters.